The largest absolute Gasteiger partial charge is 0.269 e. The quantitative estimate of drug-likeness (QED) is 0.0909. The third-order valence-electron chi connectivity index (χ3n) is 6.67. The van der Waals surface area contributed by atoms with E-state index in [1.165, 1.54) is 48.5 Å². The van der Waals surface area contributed by atoms with Gasteiger partial charge in [-0.25, -0.2) is 16.8 Å². The van der Waals surface area contributed by atoms with Gasteiger partial charge in [0, 0.05) is 36.7 Å². The van der Waals surface area contributed by atoms with Crippen LogP contribution >= 0.6 is 0 Å². The average molecular weight is 655 g/mol. The van der Waals surface area contributed by atoms with Gasteiger partial charge in [-0.2, -0.15) is 0 Å². The molecule has 230 valence electrons. The van der Waals surface area contributed by atoms with E-state index < -0.39 is 29.5 Å². The lowest BCUT2D eigenvalue weighted by molar-refractivity contribution is -0.385. The number of aliphatic imine (C=N–C) groups is 2. The van der Waals surface area contributed by atoms with E-state index in [1.807, 2.05) is 24.3 Å². The van der Waals surface area contributed by atoms with Crippen LogP contribution in [0.5, 0.6) is 0 Å². The highest BCUT2D eigenvalue weighted by Crippen LogP contribution is 2.26. The molecule has 0 fully saturated rings. The number of benzene rings is 5. The number of sulfone groups is 2. The van der Waals surface area contributed by atoms with Crippen LogP contribution in [0.3, 0.4) is 0 Å². The second-order valence-corrected chi connectivity index (χ2v) is 13.6. The summed E-state index contributed by atoms with van der Waals surface area (Å²) in [5, 5.41) is 21.7. The van der Waals surface area contributed by atoms with Gasteiger partial charge in [0.25, 0.3) is 11.4 Å². The van der Waals surface area contributed by atoms with Crippen LogP contribution in [-0.4, -0.2) is 39.1 Å². The number of hydrogen-bond acceptors (Lipinski definition) is 10. The van der Waals surface area contributed by atoms with Gasteiger partial charge < -0.3 is 0 Å². The molecule has 5 rings (SSSR count). The Morgan fingerprint density at radius 1 is 0.435 bits per heavy atom. The summed E-state index contributed by atoms with van der Waals surface area (Å²) in [4.78, 5) is 29.2. The predicted molar refractivity (Wildman–Crippen MR) is 171 cm³/mol. The molecule has 0 bridgehead atoms. The highest BCUT2D eigenvalue weighted by molar-refractivity contribution is 7.91. The minimum atomic E-state index is -3.85. The van der Waals surface area contributed by atoms with E-state index in [1.54, 1.807) is 36.7 Å². The lowest BCUT2D eigenvalue weighted by Gasteiger charge is -2.05. The van der Waals surface area contributed by atoms with Crippen molar-refractivity contribution in [2.75, 3.05) is 0 Å². The van der Waals surface area contributed by atoms with Crippen molar-refractivity contribution in [1.29, 1.82) is 0 Å². The van der Waals surface area contributed by atoms with Gasteiger partial charge in [-0.15, -0.1) is 0 Å². The van der Waals surface area contributed by atoms with Crippen molar-refractivity contribution in [3.05, 3.63) is 153 Å². The maximum atomic E-state index is 12.9. The topological polar surface area (TPSA) is 179 Å². The fraction of sp³-hybridized carbons (Fsp3) is 0. The Bertz CT molecular complexity index is 2020. The zero-order chi connectivity index (χ0) is 32.9. The van der Waals surface area contributed by atoms with Gasteiger partial charge >= 0.3 is 0 Å². The Kier molecular flexibility index (Phi) is 8.93. The molecule has 0 saturated heterocycles. The maximum Gasteiger partial charge on any atom is 0.269 e. The van der Waals surface area contributed by atoms with Gasteiger partial charge in [-0.1, -0.05) is 24.3 Å². The van der Waals surface area contributed by atoms with Crippen LogP contribution in [0.2, 0.25) is 0 Å². The van der Waals surface area contributed by atoms with Gasteiger partial charge in [0.05, 0.1) is 40.8 Å². The molecule has 0 saturated carbocycles. The average Bonchev–Trinajstić information content (AvgIpc) is 3.07. The molecule has 12 nitrogen and oxygen atoms in total. The summed E-state index contributed by atoms with van der Waals surface area (Å²) in [6, 6.07) is 28.5. The third-order valence-corrected chi connectivity index (χ3v) is 10.2. The van der Waals surface area contributed by atoms with Gasteiger partial charge in [0.15, 0.2) is 0 Å². The summed E-state index contributed by atoms with van der Waals surface area (Å²) in [5.41, 5.74) is 2.20. The third kappa shape index (κ3) is 7.09. The van der Waals surface area contributed by atoms with Gasteiger partial charge in [0.2, 0.25) is 19.7 Å². The molecular weight excluding hydrogens is 633 g/mol. The molecule has 0 amide bonds. The molecule has 0 aromatic heterocycles. The fourth-order valence-electron chi connectivity index (χ4n) is 4.16. The monoisotopic (exact) mass is 654 g/mol. The molecule has 0 unspecified atom stereocenters. The summed E-state index contributed by atoms with van der Waals surface area (Å²) in [6.45, 7) is 0. The van der Waals surface area contributed by atoms with Crippen molar-refractivity contribution in [2.24, 2.45) is 9.98 Å². The molecule has 0 spiro atoms. The first-order valence-electron chi connectivity index (χ1n) is 13.3. The normalized spacial score (nSPS) is 12.0. The van der Waals surface area contributed by atoms with E-state index in [-0.39, 0.29) is 31.0 Å². The van der Waals surface area contributed by atoms with Crippen LogP contribution in [0, 0.1) is 20.2 Å². The van der Waals surface area contributed by atoms with Gasteiger partial charge in [-0.05, 0) is 83.9 Å². The molecule has 0 aliphatic rings. The Morgan fingerprint density at radius 2 is 0.696 bits per heavy atom. The highest BCUT2D eigenvalue weighted by atomic mass is 32.2. The Balaban J connectivity index is 1.20. The Morgan fingerprint density at radius 3 is 0.957 bits per heavy atom. The molecule has 46 heavy (non-hydrogen) atoms. The molecular formula is C32H22N4O8S2. The molecule has 0 atom stereocenters. The fourth-order valence-corrected chi connectivity index (χ4v) is 6.68. The summed E-state index contributed by atoms with van der Waals surface area (Å²) < 4.78 is 51.4. The van der Waals surface area contributed by atoms with Crippen molar-refractivity contribution < 1.29 is 26.7 Å². The van der Waals surface area contributed by atoms with Crippen molar-refractivity contribution in [3.8, 4) is 0 Å². The first-order chi connectivity index (χ1) is 21.9. The molecule has 5 aromatic carbocycles. The second-order valence-electron chi connectivity index (χ2n) is 9.68. The standard InChI is InChI=1S/C32H22N4O8S2/c37-35(38)27-9-17-31(18-10-27)45(41,42)29-13-5-25(6-14-29)33-21-23-1-2-24(4-3-23)22-34-26-7-15-30(16-8-26)46(43,44)32-19-11-28(12-20-32)36(39)40/h1-22H. The maximum absolute atomic E-state index is 12.9. The van der Waals surface area contributed by atoms with Crippen molar-refractivity contribution in [1.82, 2.24) is 0 Å². The summed E-state index contributed by atoms with van der Waals surface area (Å²) in [7, 11) is -7.70. The van der Waals surface area contributed by atoms with Crippen LogP contribution in [0.15, 0.2) is 151 Å². The van der Waals surface area contributed by atoms with E-state index in [2.05, 4.69) is 9.98 Å². The van der Waals surface area contributed by atoms with E-state index in [4.69, 9.17) is 0 Å². The number of nitro groups is 2. The smallest absolute Gasteiger partial charge is 0.258 e. The first kappa shape index (κ1) is 31.6. The van der Waals surface area contributed by atoms with Crippen LogP contribution in [-0.2, 0) is 19.7 Å². The number of rotatable bonds is 10. The van der Waals surface area contributed by atoms with Crippen molar-refractivity contribution >= 4 is 54.9 Å². The molecule has 0 radical (unpaired) electrons. The Labute approximate surface area is 263 Å². The molecule has 0 heterocycles. The number of nitrogens with zero attached hydrogens (tertiary/aromatic N) is 4. The second kappa shape index (κ2) is 13.0. The van der Waals surface area contributed by atoms with E-state index in [9.17, 15) is 37.1 Å². The predicted octanol–water partition coefficient (Wildman–Crippen LogP) is 6.67. The van der Waals surface area contributed by atoms with Crippen LogP contribution in [0.25, 0.3) is 0 Å². The zero-order valence-corrected chi connectivity index (χ0v) is 25.2. The minimum Gasteiger partial charge on any atom is -0.258 e. The summed E-state index contributed by atoms with van der Waals surface area (Å²) in [5.74, 6) is 0. The summed E-state index contributed by atoms with van der Waals surface area (Å²) in [6.07, 6.45) is 3.23. The number of non-ortho nitro benzene ring substituents is 2. The number of nitro benzene ring substituents is 2. The van der Waals surface area contributed by atoms with Crippen LogP contribution < -0.4 is 0 Å². The lowest BCUT2D eigenvalue weighted by atomic mass is 10.1. The molecule has 0 aliphatic heterocycles. The summed E-state index contributed by atoms with van der Waals surface area (Å²) >= 11 is 0. The first-order valence-corrected chi connectivity index (χ1v) is 16.3. The van der Waals surface area contributed by atoms with E-state index in [0.717, 1.165) is 35.4 Å². The van der Waals surface area contributed by atoms with Crippen LogP contribution in [0.1, 0.15) is 11.1 Å². The van der Waals surface area contributed by atoms with Crippen LogP contribution in [0.4, 0.5) is 22.7 Å². The zero-order valence-electron chi connectivity index (χ0n) is 23.6. The number of hydrogen-bond donors (Lipinski definition) is 0. The van der Waals surface area contributed by atoms with E-state index >= 15 is 0 Å². The lowest BCUT2D eigenvalue weighted by Crippen LogP contribution is -2.01. The molecule has 14 heteroatoms. The Hall–Kier alpha value is -5.86. The van der Waals surface area contributed by atoms with E-state index in [0.29, 0.717) is 11.4 Å². The SMILES string of the molecule is O=[N+]([O-])c1ccc(S(=O)(=O)c2ccc(N=Cc3ccc(C=Nc4ccc(S(=O)(=O)c5ccc([N+](=O)[O-])cc5)cc4)cc3)cc2)cc1. The van der Waals surface area contributed by atoms with Gasteiger partial charge in [0.1, 0.15) is 0 Å². The molecule has 0 N–H and O–H groups in total. The molecule has 5 aromatic rings. The highest BCUT2D eigenvalue weighted by Gasteiger charge is 2.20. The minimum absolute atomic E-state index is 0.0321. The van der Waals surface area contributed by atoms with Crippen molar-refractivity contribution in [2.45, 2.75) is 19.6 Å². The van der Waals surface area contributed by atoms with Gasteiger partial charge in [-0.3, -0.25) is 30.2 Å². The van der Waals surface area contributed by atoms with Crippen molar-refractivity contribution in [3.63, 3.8) is 0 Å². The molecule has 0 aliphatic carbocycles.